The summed E-state index contributed by atoms with van der Waals surface area (Å²) >= 11 is 3.56. The van der Waals surface area contributed by atoms with Crippen LogP contribution in [0, 0.1) is 5.92 Å². The molecule has 0 saturated carbocycles. The molecule has 0 bridgehead atoms. The fourth-order valence-electron chi connectivity index (χ4n) is 3.00. The fourth-order valence-corrected chi connectivity index (χ4v) is 3.47. The Morgan fingerprint density at radius 3 is 3.05 bits per heavy atom. The average molecular weight is 348 g/mol. The Kier molecular flexibility index (Phi) is 4.10. The van der Waals surface area contributed by atoms with Gasteiger partial charge in [0.15, 0.2) is 0 Å². The molecular formula is C16H18BrN3O. The molecular weight excluding hydrogens is 330 g/mol. The van der Waals surface area contributed by atoms with Crippen molar-refractivity contribution < 1.29 is 4.79 Å². The first-order valence-corrected chi connectivity index (χ1v) is 8.01. The number of fused-ring (bicyclic) bond motifs is 1. The van der Waals surface area contributed by atoms with Gasteiger partial charge in [0.25, 0.3) is 0 Å². The van der Waals surface area contributed by atoms with E-state index in [1.807, 2.05) is 12.1 Å². The summed E-state index contributed by atoms with van der Waals surface area (Å²) in [5, 5.41) is 1.12. The second kappa shape index (κ2) is 6.02. The molecule has 1 saturated heterocycles. The number of pyridine rings is 1. The van der Waals surface area contributed by atoms with Gasteiger partial charge in [-0.05, 0) is 52.9 Å². The molecule has 2 aromatic rings. The summed E-state index contributed by atoms with van der Waals surface area (Å²) in [7, 11) is 0. The number of halogens is 1. The molecule has 1 unspecified atom stereocenters. The molecule has 0 aliphatic carbocycles. The highest BCUT2D eigenvalue weighted by molar-refractivity contribution is 9.10. The summed E-state index contributed by atoms with van der Waals surface area (Å²) < 4.78 is 1.01. The Hall–Kier alpha value is -1.62. The lowest BCUT2D eigenvalue weighted by molar-refractivity contribution is -0.118. The van der Waals surface area contributed by atoms with E-state index in [4.69, 9.17) is 10.7 Å². The van der Waals surface area contributed by atoms with E-state index in [1.165, 1.54) is 0 Å². The Balaban J connectivity index is 1.86. The van der Waals surface area contributed by atoms with Crippen LogP contribution in [0.3, 0.4) is 0 Å². The van der Waals surface area contributed by atoms with Crippen molar-refractivity contribution in [2.75, 3.05) is 18.0 Å². The van der Waals surface area contributed by atoms with Gasteiger partial charge in [-0.15, -0.1) is 0 Å². The van der Waals surface area contributed by atoms with Crippen LogP contribution in [0.1, 0.15) is 19.3 Å². The third kappa shape index (κ3) is 3.18. The van der Waals surface area contributed by atoms with Gasteiger partial charge >= 0.3 is 0 Å². The molecule has 3 rings (SSSR count). The Morgan fingerprint density at radius 2 is 2.24 bits per heavy atom. The van der Waals surface area contributed by atoms with Gasteiger partial charge in [-0.25, -0.2) is 4.98 Å². The third-order valence-corrected chi connectivity index (χ3v) is 4.63. The van der Waals surface area contributed by atoms with Gasteiger partial charge in [0, 0.05) is 29.4 Å². The Bertz CT molecular complexity index is 674. The number of carbonyl (C=O) groups excluding carboxylic acids is 1. The van der Waals surface area contributed by atoms with Gasteiger partial charge in [0.05, 0.1) is 5.52 Å². The average Bonchev–Trinajstić information content (AvgIpc) is 2.47. The van der Waals surface area contributed by atoms with Crippen LogP contribution in [0.2, 0.25) is 0 Å². The van der Waals surface area contributed by atoms with Crippen molar-refractivity contribution in [3.8, 4) is 0 Å². The first-order chi connectivity index (χ1) is 10.1. The van der Waals surface area contributed by atoms with Crippen molar-refractivity contribution >= 4 is 38.6 Å². The lowest BCUT2D eigenvalue weighted by Crippen LogP contribution is -2.37. The Morgan fingerprint density at radius 1 is 1.38 bits per heavy atom. The van der Waals surface area contributed by atoms with E-state index in [0.29, 0.717) is 12.3 Å². The number of carbonyl (C=O) groups is 1. The summed E-state index contributed by atoms with van der Waals surface area (Å²) in [4.78, 5) is 18.1. The molecule has 1 aliphatic rings. The monoisotopic (exact) mass is 347 g/mol. The summed E-state index contributed by atoms with van der Waals surface area (Å²) in [6.45, 7) is 1.84. The predicted octanol–water partition coefficient (Wildman–Crippen LogP) is 3.09. The van der Waals surface area contributed by atoms with E-state index in [2.05, 4.69) is 39.0 Å². The standard InChI is InChI=1S/C16H18BrN3O/c17-13-5-1-4-12-6-7-15(19-16(12)13)20-8-2-3-11(10-20)9-14(18)21/h1,4-7,11H,2-3,8-10H2,(H2,18,21). The normalized spacial score (nSPS) is 18.9. The summed E-state index contributed by atoms with van der Waals surface area (Å²) in [6.07, 6.45) is 2.61. The molecule has 1 fully saturated rings. The highest BCUT2D eigenvalue weighted by atomic mass is 79.9. The molecule has 1 atom stereocenters. The number of hydrogen-bond acceptors (Lipinski definition) is 3. The molecule has 1 aromatic heterocycles. The van der Waals surface area contributed by atoms with E-state index in [0.717, 1.165) is 47.1 Å². The quantitative estimate of drug-likeness (QED) is 0.927. The summed E-state index contributed by atoms with van der Waals surface area (Å²) in [5.74, 6) is 1.10. The smallest absolute Gasteiger partial charge is 0.217 e. The zero-order chi connectivity index (χ0) is 14.8. The molecule has 4 nitrogen and oxygen atoms in total. The van der Waals surface area contributed by atoms with Crippen LogP contribution in [0.5, 0.6) is 0 Å². The molecule has 1 aliphatic heterocycles. The zero-order valence-corrected chi connectivity index (χ0v) is 13.3. The minimum absolute atomic E-state index is 0.212. The highest BCUT2D eigenvalue weighted by Gasteiger charge is 2.22. The van der Waals surface area contributed by atoms with Crippen LogP contribution in [0.15, 0.2) is 34.8 Å². The van der Waals surface area contributed by atoms with Crippen molar-refractivity contribution in [3.63, 3.8) is 0 Å². The van der Waals surface area contributed by atoms with Crippen LogP contribution >= 0.6 is 15.9 Å². The number of anilines is 1. The predicted molar refractivity (Wildman–Crippen MR) is 88.2 cm³/mol. The van der Waals surface area contributed by atoms with Gasteiger partial charge in [0.1, 0.15) is 5.82 Å². The van der Waals surface area contributed by atoms with Crippen molar-refractivity contribution in [1.82, 2.24) is 4.98 Å². The van der Waals surface area contributed by atoms with Gasteiger partial charge in [0.2, 0.25) is 5.91 Å². The topological polar surface area (TPSA) is 59.2 Å². The van der Waals surface area contributed by atoms with E-state index in [-0.39, 0.29) is 5.91 Å². The van der Waals surface area contributed by atoms with Gasteiger partial charge in [-0.2, -0.15) is 0 Å². The number of rotatable bonds is 3. The number of para-hydroxylation sites is 1. The number of aromatic nitrogens is 1. The molecule has 1 aromatic carbocycles. The maximum Gasteiger partial charge on any atom is 0.217 e. The molecule has 2 heterocycles. The van der Waals surface area contributed by atoms with Crippen LogP contribution in [-0.4, -0.2) is 24.0 Å². The maximum absolute atomic E-state index is 11.1. The highest BCUT2D eigenvalue weighted by Crippen LogP contribution is 2.28. The third-order valence-electron chi connectivity index (χ3n) is 3.99. The molecule has 110 valence electrons. The number of nitrogens with zero attached hydrogens (tertiary/aromatic N) is 2. The number of hydrogen-bond donors (Lipinski definition) is 1. The van der Waals surface area contributed by atoms with Gasteiger partial charge in [-0.3, -0.25) is 4.79 Å². The summed E-state index contributed by atoms with van der Waals surface area (Å²) in [5.41, 5.74) is 6.30. The first kappa shape index (κ1) is 14.3. The number of primary amides is 1. The van der Waals surface area contributed by atoms with E-state index in [9.17, 15) is 4.79 Å². The summed E-state index contributed by atoms with van der Waals surface area (Å²) in [6, 6.07) is 10.2. The molecule has 21 heavy (non-hydrogen) atoms. The maximum atomic E-state index is 11.1. The number of piperidine rings is 1. The minimum atomic E-state index is -0.212. The van der Waals surface area contributed by atoms with Crippen LogP contribution in [-0.2, 0) is 4.79 Å². The SMILES string of the molecule is NC(=O)CC1CCCN(c2ccc3cccc(Br)c3n2)C1. The zero-order valence-electron chi connectivity index (χ0n) is 11.8. The second-order valence-corrected chi connectivity index (χ2v) is 6.46. The van der Waals surface area contributed by atoms with Crippen molar-refractivity contribution in [2.45, 2.75) is 19.3 Å². The number of amides is 1. The van der Waals surface area contributed by atoms with E-state index >= 15 is 0 Å². The largest absolute Gasteiger partial charge is 0.370 e. The van der Waals surface area contributed by atoms with E-state index in [1.54, 1.807) is 0 Å². The fraction of sp³-hybridized carbons (Fsp3) is 0.375. The van der Waals surface area contributed by atoms with E-state index < -0.39 is 0 Å². The molecule has 1 amide bonds. The lowest BCUT2D eigenvalue weighted by atomic mass is 9.94. The van der Waals surface area contributed by atoms with Gasteiger partial charge in [-0.1, -0.05) is 12.1 Å². The minimum Gasteiger partial charge on any atom is -0.370 e. The van der Waals surface area contributed by atoms with Crippen LogP contribution in [0.25, 0.3) is 10.9 Å². The second-order valence-electron chi connectivity index (χ2n) is 5.61. The molecule has 2 N–H and O–H groups in total. The van der Waals surface area contributed by atoms with Crippen LogP contribution < -0.4 is 10.6 Å². The van der Waals surface area contributed by atoms with Crippen molar-refractivity contribution in [2.24, 2.45) is 11.7 Å². The molecule has 5 heteroatoms. The molecule has 0 spiro atoms. The van der Waals surface area contributed by atoms with Crippen molar-refractivity contribution in [3.05, 3.63) is 34.8 Å². The molecule has 0 radical (unpaired) electrons. The Labute approximate surface area is 132 Å². The number of nitrogens with two attached hydrogens (primary N) is 1. The lowest BCUT2D eigenvalue weighted by Gasteiger charge is -2.33. The number of benzene rings is 1. The first-order valence-electron chi connectivity index (χ1n) is 7.22. The van der Waals surface area contributed by atoms with Crippen molar-refractivity contribution in [1.29, 1.82) is 0 Å². The van der Waals surface area contributed by atoms with Crippen LogP contribution in [0.4, 0.5) is 5.82 Å². The van der Waals surface area contributed by atoms with Gasteiger partial charge < -0.3 is 10.6 Å².